The molecule has 3 saturated heterocycles. The first-order chi connectivity index (χ1) is 31.0. The van der Waals surface area contributed by atoms with Crippen molar-refractivity contribution in [2.24, 2.45) is 11.8 Å². The first kappa shape index (κ1) is 39.7. The predicted octanol–water partition coefficient (Wildman–Crippen LogP) is 3.93. The van der Waals surface area contributed by atoms with Gasteiger partial charge in [-0.15, -0.1) is 0 Å². The topological polar surface area (TPSA) is 165 Å². The van der Waals surface area contributed by atoms with Crippen LogP contribution in [0.5, 0.6) is 34.5 Å². The monoisotopic (exact) mass is 871 g/mol. The zero-order chi connectivity index (χ0) is 43.7. The lowest BCUT2D eigenvalue weighted by Gasteiger charge is -2.59. The van der Waals surface area contributed by atoms with Crippen molar-refractivity contribution in [1.29, 1.82) is 0 Å². The summed E-state index contributed by atoms with van der Waals surface area (Å²) in [6.07, 6.45) is 8.41. The zero-order valence-corrected chi connectivity index (χ0v) is 36.8. The van der Waals surface area contributed by atoms with Crippen molar-refractivity contribution in [2.45, 2.75) is 135 Å². The van der Waals surface area contributed by atoms with Crippen LogP contribution in [0.3, 0.4) is 0 Å². The lowest BCUT2D eigenvalue weighted by molar-refractivity contribution is -0.166. The highest BCUT2D eigenvalue weighted by Crippen LogP contribution is 2.66. The van der Waals surface area contributed by atoms with E-state index in [-0.39, 0.29) is 52.2 Å². The number of carbonyl (C=O) groups is 3. The van der Waals surface area contributed by atoms with Gasteiger partial charge in [-0.1, -0.05) is 18.2 Å². The number of likely N-dealkylation sites (tertiary alicyclic amines) is 1. The molecule has 6 aliphatic carbocycles. The Labute approximate surface area is 372 Å². The fraction of sp³-hybridized carbons (Fsp3) is 0.588. The molecule has 0 amide bonds. The molecule has 12 atom stereocenters. The number of likely N-dealkylation sites (N-methyl/N-ethyl adjacent to an activating group) is 1. The zero-order valence-electron chi connectivity index (χ0n) is 36.8. The Hall–Kier alpha value is -4.69. The number of aromatic hydroxyl groups is 1. The number of hydrogen-bond acceptors (Lipinski definition) is 13. The minimum Gasteiger partial charge on any atom is -0.504 e. The summed E-state index contributed by atoms with van der Waals surface area (Å²) < 4.78 is 29.4. The molecule has 13 heteroatoms. The number of piperidine rings is 3. The second-order valence-corrected chi connectivity index (χ2v) is 20.8. The van der Waals surface area contributed by atoms with E-state index in [0.29, 0.717) is 68.2 Å². The van der Waals surface area contributed by atoms with E-state index in [2.05, 4.69) is 34.7 Å². The number of hydrogen-bond donors (Lipinski definition) is 4. The molecule has 4 N–H and O–H groups in total. The van der Waals surface area contributed by atoms with E-state index >= 15 is 0 Å². The summed E-state index contributed by atoms with van der Waals surface area (Å²) in [5.74, 6) is 5.43. The van der Waals surface area contributed by atoms with Gasteiger partial charge < -0.3 is 49.4 Å². The van der Waals surface area contributed by atoms with Gasteiger partial charge >= 0.3 is 0 Å². The highest BCUT2D eigenvalue weighted by molar-refractivity contribution is 5.91. The van der Waals surface area contributed by atoms with Crippen LogP contribution in [0.4, 0.5) is 0 Å². The summed E-state index contributed by atoms with van der Waals surface area (Å²) in [4.78, 5) is 40.1. The van der Waals surface area contributed by atoms with Gasteiger partial charge in [0.05, 0.1) is 25.2 Å². The van der Waals surface area contributed by atoms with Gasteiger partial charge in [0.1, 0.15) is 0 Å². The lowest BCUT2D eigenvalue weighted by Crippen LogP contribution is -2.76. The molecule has 12 unspecified atom stereocenters. The molecular weight excluding hydrogens is 815 g/mol. The number of rotatable bonds is 2. The minimum atomic E-state index is -0.962. The number of ketones is 3. The van der Waals surface area contributed by atoms with Gasteiger partial charge in [0.25, 0.3) is 0 Å². The maximum atomic E-state index is 12.6. The van der Waals surface area contributed by atoms with Crippen LogP contribution in [-0.4, -0.2) is 115 Å². The molecule has 15 rings (SSSR count). The second kappa shape index (κ2) is 13.5. The van der Waals surface area contributed by atoms with Gasteiger partial charge in [0.15, 0.2) is 70.2 Å². The molecule has 6 aliphatic heterocycles. The van der Waals surface area contributed by atoms with Gasteiger partial charge in [0, 0.05) is 64.9 Å². The van der Waals surface area contributed by atoms with Crippen LogP contribution in [0.15, 0.2) is 36.4 Å². The van der Waals surface area contributed by atoms with E-state index in [0.717, 1.165) is 92.3 Å². The standard InChI is InChI=1S/C18H21NO3.C17H19NO3.C16H17NO4/c1-19-8-7-18-11-4-5-13(20)17(18)22-16-14(21-2)6-3-10(15(16)18)9-12(11)19;1-20-13-5-2-9-8-11-10-3-4-12(19)16-17(10,6-7-18-11)14(9)15(13)21-16;18-9-2-1-8-7-11-16(20)4-3-10(19)14-15(16,5-6-17-11)12(8)13(9)21-14/h3,6,11-12,17H,4-5,7-9H2,1-2H3;2,5,10-11,16,18H,3-4,6-8H2,1H3;1-2,11,14,17-18,20H,3-7H2. The fourth-order valence-corrected chi connectivity index (χ4v) is 16.3. The molecule has 64 heavy (non-hydrogen) atoms. The molecule has 13 nitrogen and oxygen atoms in total. The van der Waals surface area contributed by atoms with Crippen molar-refractivity contribution in [3.8, 4) is 34.5 Å². The molecule has 336 valence electrons. The van der Waals surface area contributed by atoms with E-state index in [9.17, 15) is 24.6 Å². The first-order valence-electron chi connectivity index (χ1n) is 23.7. The third-order valence-corrected chi connectivity index (χ3v) is 18.8. The summed E-state index contributed by atoms with van der Waals surface area (Å²) in [5.41, 5.74) is 5.45. The number of nitrogens with one attached hydrogen (secondary N) is 2. The third kappa shape index (κ3) is 4.67. The highest BCUT2D eigenvalue weighted by Gasteiger charge is 2.72. The summed E-state index contributed by atoms with van der Waals surface area (Å²) in [7, 11) is 5.59. The second-order valence-electron chi connectivity index (χ2n) is 20.8. The van der Waals surface area contributed by atoms with Crippen molar-refractivity contribution in [2.75, 3.05) is 40.9 Å². The average Bonchev–Trinajstić information content (AvgIpc) is 3.96. The molecule has 0 radical (unpaired) electrons. The van der Waals surface area contributed by atoms with Crippen molar-refractivity contribution in [3.63, 3.8) is 0 Å². The highest BCUT2D eigenvalue weighted by atomic mass is 16.5. The molecule has 0 aromatic heterocycles. The van der Waals surface area contributed by atoms with Crippen molar-refractivity contribution in [3.05, 3.63) is 69.8 Å². The van der Waals surface area contributed by atoms with E-state index in [1.54, 1.807) is 20.3 Å². The van der Waals surface area contributed by atoms with Gasteiger partial charge in [0.2, 0.25) is 0 Å². The van der Waals surface area contributed by atoms with Crippen LogP contribution < -0.4 is 34.3 Å². The molecule has 12 aliphatic rings. The van der Waals surface area contributed by atoms with Crippen molar-refractivity contribution in [1.82, 2.24) is 15.5 Å². The minimum absolute atomic E-state index is 0.0452. The number of ether oxygens (including phenoxy) is 5. The van der Waals surface area contributed by atoms with Crippen LogP contribution in [0.2, 0.25) is 0 Å². The predicted molar refractivity (Wildman–Crippen MR) is 232 cm³/mol. The summed E-state index contributed by atoms with van der Waals surface area (Å²) in [6.45, 7) is 2.78. The molecule has 3 saturated carbocycles. The molecule has 3 aromatic rings. The summed E-state index contributed by atoms with van der Waals surface area (Å²) in [5, 5.41) is 28.7. The number of phenols is 1. The molecular formula is C51H57N3O10. The largest absolute Gasteiger partial charge is 0.504 e. The summed E-state index contributed by atoms with van der Waals surface area (Å²) >= 11 is 0. The fourth-order valence-electron chi connectivity index (χ4n) is 16.3. The number of phenolic OH excluding ortho intramolecular Hbond substituents is 1. The van der Waals surface area contributed by atoms with Crippen LogP contribution >= 0.6 is 0 Å². The van der Waals surface area contributed by atoms with Crippen LogP contribution in [0, 0.1) is 11.8 Å². The first-order valence-corrected chi connectivity index (χ1v) is 23.7. The van der Waals surface area contributed by atoms with Crippen LogP contribution in [0.1, 0.15) is 91.2 Å². The van der Waals surface area contributed by atoms with Crippen LogP contribution in [-0.2, 0) is 49.9 Å². The van der Waals surface area contributed by atoms with Gasteiger partial charge in [-0.05, 0) is 131 Å². The maximum Gasteiger partial charge on any atom is 0.174 e. The number of Topliss-reactive ketones (excluding diaryl/α,β-unsaturated/α-hetero) is 3. The van der Waals surface area contributed by atoms with E-state index in [1.807, 2.05) is 18.2 Å². The Morgan fingerprint density at radius 1 is 0.656 bits per heavy atom. The molecule has 3 spiro atoms. The Morgan fingerprint density at radius 2 is 1.25 bits per heavy atom. The van der Waals surface area contributed by atoms with E-state index in [4.69, 9.17) is 23.7 Å². The Kier molecular flexibility index (Phi) is 8.34. The molecule has 3 aromatic carbocycles. The van der Waals surface area contributed by atoms with Gasteiger partial charge in [-0.3, -0.25) is 14.4 Å². The lowest BCUT2D eigenvalue weighted by atomic mass is 9.49. The number of nitrogens with zero attached hydrogens (tertiary/aromatic N) is 1. The van der Waals surface area contributed by atoms with E-state index < -0.39 is 17.1 Å². The normalized spacial score (nSPS) is 39.8. The molecule has 6 fully saturated rings. The van der Waals surface area contributed by atoms with Crippen molar-refractivity contribution >= 4 is 17.3 Å². The Morgan fingerprint density at radius 3 is 1.95 bits per heavy atom. The smallest absolute Gasteiger partial charge is 0.174 e. The Balaban J connectivity index is 0.0000000967. The third-order valence-electron chi connectivity index (χ3n) is 18.8. The number of methoxy groups -OCH3 is 2. The number of aliphatic hydroxyl groups is 1. The van der Waals surface area contributed by atoms with Gasteiger partial charge in [-0.25, -0.2) is 0 Å². The Bertz CT molecular complexity index is 2580. The van der Waals surface area contributed by atoms with E-state index in [1.165, 1.54) is 22.3 Å². The quantitative estimate of drug-likeness (QED) is 0.293. The van der Waals surface area contributed by atoms with Crippen LogP contribution in [0.25, 0.3) is 0 Å². The number of carbonyl (C=O) groups excluding carboxylic acids is 3. The van der Waals surface area contributed by atoms with Gasteiger partial charge in [-0.2, -0.15) is 0 Å². The number of benzene rings is 3. The average molecular weight is 872 g/mol. The molecule has 6 heterocycles. The SMILES string of the molecule is COc1ccc2c3c1OC1C(=O)CCC4C(C2)N(C)CCC314.COc1ccc2c3c1OC1C(=O)CCC4C(C2)NCCC314.O=C1CCC2(O)C3Cc4ccc(O)c5c4C2(CCN3)C1O5. The molecule has 6 bridgehead atoms. The van der Waals surface area contributed by atoms with Crippen molar-refractivity contribution < 1.29 is 48.3 Å². The maximum absolute atomic E-state index is 12.6. The summed E-state index contributed by atoms with van der Waals surface area (Å²) in [6, 6.07) is 12.9.